The van der Waals surface area contributed by atoms with Gasteiger partial charge in [-0.25, -0.2) is 0 Å². The van der Waals surface area contributed by atoms with Crippen LogP contribution in [-0.2, 0) is 0 Å². The van der Waals surface area contributed by atoms with Crippen LogP contribution in [-0.4, -0.2) is 30.9 Å². The van der Waals surface area contributed by atoms with E-state index in [1.54, 1.807) is 27.7 Å². The van der Waals surface area contributed by atoms with Gasteiger partial charge in [0.1, 0.15) is 0 Å². The molecule has 0 rings (SSSR count). The highest BCUT2D eigenvalue weighted by Gasteiger charge is 2.53. The molecule has 0 aromatic heterocycles. The van der Waals surface area contributed by atoms with Crippen LogP contribution in [0.15, 0.2) is 0 Å². The smallest absolute Gasteiger partial charge is 0.171 e. The Morgan fingerprint density at radius 2 is 0.324 bits per heavy atom. The van der Waals surface area contributed by atoms with Crippen LogP contribution in [0.25, 0.3) is 0 Å². The molecule has 0 N–H and O–H groups in total. The molecule has 686 valence electrons. The summed E-state index contributed by atoms with van der Waals surface area (Å²) < 4.78 is 187. The first-order chi connectivity index (χ1) is 48.0. The van der Waals surface area contributed by atoms with Crippen LogP contribution < -0.4 is 0 Å². The van der Waals surface area contributed by atoms with Crippen LogP contribution in [0, 0.1) is 179 Å². The van der Waals surface area contributed by atoms with E-state index in [-0.39, 0.29) is 66.6 Å². The molecule has 0 amide bonds. The van der Waals surface area contributed by atoms with E-state index in [0.29, 0.717) is 28.1 Å². The van der Waals surface area contributed by atoms with Gasteiger partial charge in [0.05, 0.1) is 11.8 Å². The zero-order valence-corrected chi connectivity index (χ0v) is 82.6. The van der Waals surface area contributed by atoms with E-state index in [1.807, 2.05) is 145 Å². The summed E-state index contributed by atoms with van der Waals surface area (Å²) in [6, 6.07) is 0. The summed E-state index contributed by atoms with van der Waals surface area (Å²) in [5.41, 5.74) is -1.16. The zero-order valence-electron chi connectivity index (χ0n) is 82.6. The standard InChI is InChI=1S/3C11H21F3.3C11H24.2C10H19F3.C9H20.CH4/c2*1-7(2)10(6,8(3)4)9(5)11(12,13)14;1-6-10(8(2)3,9(4)5)7-11(12,13)14;2*1-8(2)11(7,9(3)4)10(5)6;1-7-11(8-2,9(3)4)10(5)6;2*1-7(2)9(5,8(3)4)6-10(11,12)13;1-7(2)9(5,6)8(3)4;/h2*7-9H,1-6H3;8-9H,6-7H2,1-5H3;2*8-10H,1-7H3;9-10H,7-8H2,1-6H3;2*7-8H,6H2,1-5H3;7-8H,1-6H3;1H4. The van der Waals surface area contributed by atoms with Crippen molar-refractivity contribution in [2.24, 2.45) is 179 Å². The van der Waals surface area contributed by atoms with Gasteiger partial charge >= 0.3 is 30.9 Å². The molecule has 0 nitrogen and oxygen atoms in total. The molecule has 0 saturated heterocycles. The Kier molecular flexibility index (Phi) is 62.2. The van der Waals surface area contributed by atoms with Gasteiger partial charge in [0.2, 0.25) is 0 Å². The summed E-state index contributed by atoms with van der Waals surface area (Å²) >= 11 is 0. The summed E-state index contributed by atoms with van der Waals surface area (Å²) in [7, 11) is 0. The molecule has 0 saturated carbocycles. The number of rotatable bonds is 28. The predicted octanol–water partition coefficient (Wildman–Crippen LogP) is 38.2. The maximum absolute atomic E-state index is 12.7. The number of halogens is 15. The molecule has 0 bridgehead atoms. The molecule has 0 aliphatic rings. The second-order valence-corrected chi connectivity index (χ2v) is 41.8. The zero-order chi connectivity index (χ0) is 91.9. The van der Waals surface area contributed by atoms with Gasteiger partial charge in [-0.1, -0.05) is 374 Å². The molecule has 0 aliphatic heterocycles. The van der Waals surface area contributed by atoms with Crippen molar-refractivity contribution in [2.75, 3.05) is 0 Å². The van der Waals surface area contributed by atoms with Crippen LogP contribution in [0.3, 0.4) is 0 Å². The monoisotopic (exact) mass is 1640 g/mol. The Labute approximate surface area is 685 Å². The van der Waals surface area contributed by atoms with Gasteiger partial charge < -0.3 is 0 Å². The Morgan fingerprint density at radius 3 is 0.351 bits per heavy atom. The molecule has 0 aromatic carbocycles. The molecular weight excluding hydrogens is 1440 g/mol. The highest BCUT2D eigenvalue weighted by Crippen LogP contribution is 2.53. The highest BCUT2D eigenvalue weighted by atomic mass is 19.4. The number of hydrogen-bond donors (Lipinski definition) is 0. The summed E-state index contributed by atoms with van der Waals surface area (Å²) in [6.45, 7) is 109. The van der Waals surface area contributed by atoms with Crippen molar-refractivity contribution < 1.29 is 65.9 Å². The second kappa shape index (κ2) is 52.9. The Balaban J connectivity index is -0.000000129. The van der Waals surface area contributed by atoms with Crippen molar-refractivity contribution in [3.05, 3.63) is 0 Å². The lowest BCUT2D eigenvalue weighted by molar-refractivity contribution is -0.214. The van der Waals surface area contributed by atoms with Gasteiger partial charge in [-0.3, -0.25) is 0 Å². The quantitative estimate of drug-likeness (QED) is 0.0685. The van der Waals surface area contributed by atoms with Crippen LogP contribution >= 0.6 is 0 Å². The average Bonchev–Trinajstić information content (AvgIpc) is 0.794. The minimum Gasteiger partial charge on any atom is -0.171 e. The Morgan fingerprint density at radius 1 is 0.180 bits per heavy atom. The molecule has 0 aromatic rings. The van der Waals surface area contributed by atoms with E-state index in [1.165, 1.54) is 26.7 Å². The van der Waals surface area contributed by atoms with Gasteiger partial charge in [-0.15, -0.1) is 0 Å². The van der Waals surface area contributed by atoms with E-state index in [0.717, 1.165) is 59.2 Å². The van der Waals surface area contributed by atoms with Gasteiger partial charge in [0, 0.05) is 19.3 Å². The summed E-state index contributed by atoms with van der Waals surface area (Å²) in [4.78, 5) is 0. The maximum Gasteiger partial charge on any atom is 0.392 e. The van der Waals surface area contributed by atoms with Crippen LogP contribution in [0.2, 0.25) is 0 Å². The van der Waals surface area contributed by atoms with Crippen molar-refractivity contribution in [1.29, 1.82) is 0 Å². The molecule has 0 fully saturated rings. The van der Waals surface area contributed by atoms with E-state index in [9.17, 15) is 65.9 Å². The fraction of sp³-hybridized carbons (Fsp3) is 1.00. The third kappa shape index (κ3) is 43.1. The average molecular weight is 1640 g/mol. The number of hydrogen-bond acceptors (Lipinski definition) is 0. The minimum atomic E-state index is -4.09. The first kappa shape index (κ1) is 131. The largest absolute Gasteiger partial charge is 0.392 e. The van der Waals surface area contributed by atoms with Gasteiger partial charge in [0.25, 0.3) is 0 Å². The molecule has 0 heterocycles. The lowest BCUT2D eigenvalue weighted by atomic mass is 9.63. The first-order valence-electron chi connectivity index (χ1n) is 43.3. The van der Waals surface area contributed by atoms with E-state index >= 15 is 0 Å². The third-order valence-corrected chi connectivity index (χ3v) is 31.8. The summed E-state index contributed by atoms with van der Waals surface area (Å²) in [5, 5.41) is 0. The normalized spacial score (nSPS) is 14.4. The fourth-order valence-corrected chi connectivity index (χ4v) is 16.7. The molecule has 15 heteroatoms. The maximum atomic E-state index is 12.7. The molecule has 2 atom stereocenters. The lowest BCUT2D eigenvalue weighted by Crippen LogP contribution is -2.43. The van der Waals surface area contributed by atoms with E-state index in [4.69, 9.17) is 0 Å². The molecule has 111 heavy (non-hydrogen) atoms. The van der Waals surface area contributed by atoms with Crippen LogP contribution in [0.5, 0.6) is 0 Å². The predicted molar refractivity (Wildman–Crippen MR) is 464 cm³/mol. The molecule has 2 unspecified atom stereocenters. The van der Waals surface area contributed by atoms with Crippen molar-refractivity contribution in [1.82, 2.24) is 0 Å². The Bertz CT molecular complexity index is 1970. The van der Waals surface area contributed by atoms with E-state index < -0.39 is 89.1 Å². The molecule has 0 spiro atoms. The highest BCUT2D eigenvalue weighted by molar-refractivity contribution is 4.93. The summed E-state index contributed by atoms with van der Waals surface area (Å²) in [5.74, 6) is 5.82. The SMILES string of the molecule is C.CC(C)C(C)(C(C)C)C(C)C.CC(C)C(C)(C(C)C)C(C)C.CC(C)C(C)(C(C)C)C(C)C(F)(F)F.CC(C)C(C)(C(C)C)C(C)C(F)(F)F.CC(C)C(C)(C)C(C)C.CC(C)C(C)(CC(F)(F)F)C(C)C.CC(C)C(C)(CC(F)(F)F)C(C)C.CCC(CC(F)(F)F)(C(C)C)C(C)C.CCC(CC)(C(C)C)C(C)C. The minimum absolute atomic E-state index is 0. The number of alkyl halides is 15. The van der Waals surface area contributed by atoms with Crippen molar-refractivity contribution in [2.45, 2.75) is 444 Å². The molecule has 0 radical (unpaired) electrons. The topological polar surface area (TPSA) is 0 Å². The first-order valence-corrected chi connectivity index (χ1v) is 43.3. The van der Waals surface area contributed by atoms with Gasteiger partial charge in [-0.05, 0) is 186 Å². The van der Waals surface area contributed by atoms with E-state index in [2.05, 4.69) is 180 Å². The van der Waals surface area contributed by atoms with Crippen LogP contribution in [0.4, 0.5) is 65.9 Å². The molecular formula is C96H197F15. The third-order valence-electron chi connectivity index (χ3n) is 31.8. The van der Waals surface area contributed by atoms with Crippen molar-refractivity contribution in [3.8, 4) is 0 Å². The second-order valence-electron chi connectivity index (χ2n) is 41.8. The summed E-state index contributed by atoms with van der Waals surface area (Å²) in [6.07, 6.45) is -19.2. The lowest BCUT2D eigenvalue weighted by Gasteiger charge is -2.43. The Hall–Kier alpha value is -1.05. The van der Waals surface area contributed by atoms with Gasteiger partial charge in [0.15, 0.2) is 0 Å². The van der Waals surface area contributed by atoms with Crippen LogP contribution in [0.1, 0.15) is 413 Å². The fourth-order valence-electron chi connectivity index (χ4n) is 16.7. The van der Waals surface area contributed by atoms with Gasteiger partial charge in [-0.2, -0.15) is 65.9 Å². The van der Waals surface area contributed by atoms with Crippen molar-refractivity contribution >= 4 is 0 Å². The molecule has 0 aliphatic carbocycles. The van der Waals surface area contributed by atoms with Crippen molar-refractivity contribution in [3.63, 3.8) is 0 Å².